The number of hydrogen-bond acceptors (Lipinski definition) is 4. The van der Waals surface area contributed by atoms with Gasteiger partial charge in [-0.05, 0) is 18.4 Å². The lowest BCUT2D eigenvalue weighted by atomic mass is 10.1. The maximum absolute atomic E-state index is 11.9. The van der Waals surface area contributed by atoms with E-state index in [9.17, 15) is 8.42 Å². The second-order valence-corrected chi connectivity index (χ2v) is 5.86. The van der Waals surface area contributed by atoms with Crippen LogP contribution in [-0.4, -0.2) is 25.5 Å². The van der Waals surface area contributed by atoms with E-state index in [2.05, 4.69) is 14.6 Å². The fraction of sp³-hybridized carbons (Fsp3) is 0.364. The van der Waals surface area contributed by atoms with Gasteiger partial charge in [0.05, 0.1) is 0 Å². The Morgan fingerprint density at radius 1 is 1.37 bits per heavy atom. The predicted octanol–water partition coefficient (Wildman–Crippen LogP) is 0.0605. The van der Waals surface area contributed by atoms with Gasteiger partial charge in [0.25, 0.3) is 10.2 Å². The van der Waals surface area contributed by atoms with Gasteiger partial charge in [0.2, 0.25) is 0 Å². The summed E-state index contributed by atoms with van der Waals surface area (Å²) in [6.07, 6.45) is 1.67. The molecule has 1 fully saturated rings. The van der Waals surface area contributed by atoms with Crippen LogP contribution in [0.2, 0.25) is 0 Å². The van der Waals surface area contributed by atoms with E-state index in [1.54, 1.807) is 30.3 Å². The third-order valence-corrected chi connectivity index (χ3v) is 3.91. The van der Waals surface area contributed by atoms with Crippen LogP contribution >= 0.6 is 0 Å². The van der Waals surface area contributed by atoms with Crippen molar-refractivity contribution in [3.8, 4) is 0 Å². The number of hydrogen-bond donors (Lipinski definition) is 4. The predicted molar refractivity (Wildman–Crippen MR) is 70.8 cm³/mol. The van der Waals surface area contributed by atoms with Gasteiger partial charge in [-0.1, -0.05) is 35.5 Å². The van der Waals surface area contributed by atoms with E-state index in [1.165, 1.54) is 0 Å². The SMILES string of the molecule is N/C(=N/O)C(NS(=O)(=O)NC1CC1)c1ccccc1. The fourth-order valence-corrected chi connectivity index (χ4v) is 2.92. The normalized spacial score (nSPS) is 18.2. The molecular formula is C11H16N4O3S. The quantitative estimate of drug-likeness (QED) is 0.256. The van der Waals surface area contributed by atoms with E-state index in [0.717, 1.165) is 12.8 Å². The van der Waals surface area contributed by atoms with Gasteiger partial charge in [-0.2, -0.15) is 17.9 Å². The molecule has 0 heterocycles. The summed E-state index contributed by atoms with van der Waals surface area (Å²) >= 11 is 0. The second-order valence-electron chi connectivity index (χ2n) is 4.38. The lowest BCUT2D eigenvalue weighted by Crippen LogP contribution is -2.44. The third kappa shape index (κ3) is 3.91. The van der Waals surface area contributed by atoms with E-state index in [0.29, 0.717) is 5.56 Å². The molecule has 1 unspecified atom stereocenters. The first-order valence-corrected chi connectivity index (χ1v) is 7.32. The molecule has 7 nitrogen and oxygen atoms in total. The number of amidine groups is 1. The third-order valence-electron chi connectivity index (χ3n) is 2.72. The second kappa shape index (κ2) is 5.55. The van der Waals surface area contributed by atoms with Crippen LogP contribution in [0.15, 0.2) is 35.5 Å². The van der Waals surface area contributed by atoms with Crippen LogP contribution < -0.4 is 15.2 Å². The molecular weight excluding hydrogens is 268 g/mol. The molecule has 1 aliphatic rings. The summed E-state index contributed by atoms with van der Waals surface area (Å²) < 4.78 is 28.6. The highest BCUT2D eigenvalue weighted by atomic mass is 32.2. The number of nitrogens with two attached hydrogens (primary N) is 1. The molecule has 0 aromatic heterocycles. The van der Waals surface area contributed by atoms with Crippen LogP contribution in [-0.2, 0) is 10.2 Å². The summed E-state index contributed by atoms with van der Waals surface area (Å²) in [6, 6.07) is 7.77. The Kier molecular flexibility index (Phi) is 4.03. The molecule has 1 aliphatic carbocycles. The highest BCUT2D eigenvalue weighted by Crippen LogP contribution is 2.20. The average molecular weight is 284 g/mol. The Bertz CT molecular complexity index is 555. The Morgan fingerprint density at radius 2 is 2.00 bits per heavy atom. The van der Waals surface area contributed by atoms with Crippen molar-refractivity contribution < 1.29 is 13.6 Å². The zero-order chi connectivity index (χ0) is 13.9. The summed E-state index contributed by atoms with van der Waals surface area (Å²) in [6.45, 7) is 0. The highest BCUT2D eigenvalue weighted by Gasteiger charge is 2.30. The van der Waals surface area contributed by atoms with Crippen molar-refractivity contribution in [1.29, 1.82) is 0 Å². The lowest BCUT2D eigenvalue weighted by Gasteiger charge is -2.18. The van der Waals surface area contributed by atoms with Crippen molar-refractivity contribution in [3.05, 3.63) is 35.9 Å². The average Bonchev–Trinajstić information content (AvgIpc) is 3.19. The summed E-state index contributed by atoms with van der Waals surface area (Å²) in [4.78, 5) is 0. The standard InChI is InChI=1S/C11H16N4O3S/c12-11(13-16)10(8-4-2-1-3-5-8)15-19(17,18)14-9-6-7-9/h1-5,9-10,14-16H,6-7H2,(H2,12,13). The molecule has 19 heavy (non-hydrogen) atoms. The molecule has 1 aromatic rings. The number of benzene rings is 1. The molecule has 0 bridgehead atoms. The summed E-state index contributed by atoms with van der Waals surface area (Å²) in [5, 5.41) is 11.6. The molecule has 0 saturated heterocycles. The van der Waals surface area contributed by atoms with Gasteiger partial charge in [0, 0.05) is 6.04 Å². The molecule has 1 saturated carbocycles. The van der Waals surface area contributed by atoms with Crippen molar-refractivity contribution in [2.24, 2.45) is 10.9 Å². The number of nitrogens with zero attached hydrogens (tertiary/aromatic N) is 1. The first-order chi connectivity index (χ1) is 9.02. The Balaban J connectivity index is 2.19. The molecule has 0 amide bonds. The zero-order valence-corrected chi connectivity index (χ0v) is 11.0. The van der Waals surface area contributed by atoms with Gasteiger partial charge >= 0.3 is 0 Å². The van der Waals surface area contributed by atoms with Crippen LogP contribution in [0.5, 0.6) is 0 Å². The highest BCUT2D eigenvalue weighted by molar-refractivity contribution is 7.87. The smallest absolute Gasteiger partial charge is 0.278 e. The molecule has 104 valence electrons. The summed E-state index contributed by atoms with van der Waals surface area (Å²) in [7, 11) is -3.69. The number of rotatable bonds is 6. The molecule has 1 atom stereocenters. The fourth-order valence-electron chi connectivity index (χ4n) is 1.61. The maximum atomic E-state index is 11.9. The van der Waals surface area contributed by atoms with E-state index in [1.807, 2.05) is 0 Å². The summed E-state index contributed by atoms with van der Waals surface area (Å²) in [5.74, 6) is -0.215. The van der Waals surface area contributed by atoms with Gasteiger partial charge in [0.15, 0.2) is 5.84 Å². The van der Waals surface area contributed by atoms with Crippen molar-refractivity contribution in [2.75, 3.05) is 0 Å². The van der Waals surface area contributed by atoms with Crippen LogP contribution in [0.4, 0.5) is 0 Å². The van der Waals surface area contributed by atoms with Crippen LogP contribution in [0.25, 0.3) is 0 Å². The maximum Gasteiger partial charge on any atom is 0.278 e. The van der Waals surface area contributed by atoms with Crippen molar-refractivity contribution in [2.45, 2.75) is 24.9 Å². The molecule has 1 aromatic carbocycles. The van der Waals surface area contributed by atoms with Gasteiger partial charge < -0.3 is 10.9 Å². The Labute approximate surface area is 111 Å². The van der Waals surface area contributed by atoms with Crippen LogP contribution in [0.1, 0.15) is 24.4 Å². The van der Waals surface area contributed by atoms with Crippen molar-refractivity contribution in [1.82, 2.24) is 9.44 Å². The minimum absolute atomic E-state index is 0.0128. The number of oxime groups is 1. The van der Waals surface area contributed by atoms with Gasteiger partial charge in [-0.3, -0.25) is 0 Å². The largest absolute Gasteiger partial charge is 0.409 e. The zero-order valence-electron chi connectivity index (χ0n) is 10.2. The van der Waals surface area contributed by atoms with E-state index in [-0.39, 0.29) is 11.9 Å². The lowest BCUT2D eigenvalue weighted by molar-refractivity contribution is 0.315. The topological polar surface area (TPSA) is 117 Å². The molecule has 0 radical (unpaired) electrons. The van der Waals surface area contributed by atoms with Gasteiger partial charge in [-0.15, -0.1) is 0 Å². The van der Waals surface area contributed by atoms with Crippen molar-refractivity contribution in [3.63, 3.8) is 0 Å². The van der Waals surface area contributed by atoms with E-state index >= 15 is 0 Å². The minimum Gasteiger partial charge on any atom is -0.409 e. The summed E-state index contributed by atoms with van der Waals surface area (Å²) in [5.41, 5.74) is 6.14. The molecule has 2 rings (SSSR count). The van der Waals surface area contributed by atoms with Crippen LogP contribution in [0.3, 0.4) is 0 Å². The minimum atomic E-state index is -3.69. The Hall–Kier alpha value is -1.64. The first-order valence-electron chi connectivity index (χ1n) is 5.84. The van der Waals surface area contributed by atoms with Crippen molar-refractivity contribution >= 4 is 16.0 Å². The van der Waals surface area contributed by atoms with Gasteiger partial charge in [0.1, 0.15) is 6.04 Å². The first kappa shape index (κ1) is 13.8. The van der Waals surface area contributed by atoms with Crippen LogP contribution in [0, 0.1) is 0 Å². The van der Waals surface area contributed by atoms with E-state index in [4.69, 9.17) is 10.9 Å². The Morgan fingerprint density at radius 3 is 2.53 bits per heavy atom. The molecule has 5 N–H and O–H groups in total. The molecule has 0 spiro atoms. The molecule has 8 heteroatoms. The molecule has 0 aliphatic heterocycles. The number of nitrogens with one attached hydrogen (secondary N) is 2. The monoisotopic (exact) mass is 284 g/mol. The van der Waals surface area contributed by atoms with Gasteiger partial charge in [-0.25, -0.2) is 0 Å². The van der Waals surface area contributed by atoms with E-state index < -0.39 is 16.3 Å².